The van der Waals surface area contributed by atoms with Crippen LogP contribution in [0.15, 0.2) is 36.4 Å². The number of rotatable bonds is 4. The predicted molar refractivity (Wildman–Crippen MR) is 89.7 cm³/mol. The number of nitrogen functional groups attached to an aromatic ring is 1. The molecule has 0 atom stereocenters. The fraction of sp³-hybridized carbons (Fsp3) is 0.312. The van der Waals surface area contributed by atoms with Gasteiger partial charge in [0, 0.05) is 17.6 Å². The van der Waals surface area contributed by atoms with Gasteiger partial charge in [-0.25, -0.2) is 0 Å². The van der Waals surface area contributed by atoms with Crippen LogP contribution in [0.2, 0.25) is 4.34 Å². The second-order valence-corrected chi connectivity index (χ2v) is 7.41. The van der Waals surface area contributed by atoms with Gasteiger partial charge in [-0.1, -0.05) is 23.7 Å². The fourth-order valence-corrected chi connectivity index (χ4v) is 3.38. The molecule has 0 aliphatic carbocycles. The minimum atomic E-state index is -0.594. The molecule has 0 aliphatic rings. The minimum absolute atomic E-state index is 0.0665. The molecule has 0 saturated carbocycles. The molecule has 1 aromatic carbocycles. The average Bonchev–Trinajstić information content (AvgIpc) is 2.83. The Bertz CT molecular complexity index is 634. The lowest BCUT2D eigenvalue weighted by Crippen LogP contribution is -2.40. The van der Waals surface area contributed by atoms with Crippen LogP contribution in [0, 0.1) is 0 Å². The number of carbonyl (C=O) groups is 1. The van der Waals surface area contributed by atoms with Crippen LogP contribution in [-0.2, 0) is 16.8 Å². The molecule has 112 valence electrons. The molecule has 2 aromatic rings. The first-order chi connectivity index (χ1) is 9.80. The van der Waals surface area contributed by atoms with Gasteiger partial charge in [-0.3, -0.25) is 4.79 Å². The van der Waals surface area contributed by atoms with Crippen molar-refractivity contribution >= 4 is 34.5 Å². The SMILES string of the molecule is CN(Cc1ccc(Cl)s1)C(=O)C(C)(C)c1ccc(N)cc1. The van der Waals surface area contributed by atoms with Gasteiger partial charge in [-0.2, -0.15) is 0 Å². The number of hydrogen-bond acceptors (Lipinski definition) is 3. The smallest absolute Gasteiger partial charge is 0.232 e. The number of anilines is 1. The van der Waals surface area contributed by atoms with Crippen molar-refractivity contribution in [3.63, 3.8) is 0 Å². The van der Waals surface area contributed by atoms with Gasteiger partial charge >= 0.3 is 0 Å². The summed E-state index contributed by atoms with van der Waals surface area (Å²) >= 11 is 7.42. The highest BCUT2D eigenvalue weighted by molar-refractivity contribution is 7.16. The topological polar surface area (TPSA) is 46.3 Å². The molecule has 1 amide bonds. The first kappa shape index (κ1) is 15.9. The van der Waals surface area contributed by atoms with Gasteiger partial charge in [0.25, 0.3) is 0 Å². The molecule has 5 heteroatoms. The number of nitrogens with zero attached hydrogens (tertiary/aromatic N) is 1. The maximum atomic E-state index is 12.7. The number of carbonyl (C=O) groups excluding carboxylic acids is 1. The van der Waals surface area contributed by atoms with Crippen molar-refractivity contribution in [1.82, 2.24) is 4.90 Å². The Morgan fingerprint density at radius 2 is 1.86 bits per heavy atom. The van der Waals surface area contributed by atoms with E-state index < -0.39 is 5.41 Å². The Kier molecular flexibility index (Phi) is 4.59. The molecule has 0 radical (unpaired) electrons. The largest absolute Gasteiger partial charge is 0.399 e. The molecule has 2 rings (SSSR count). The lowest BCUT2D eigenvalue weighted by molar-refractivity contribution is -0.135. The van der Waals surface area contributed by atoms with Crippen LogP contribution in [0.3, 0.4) is 0 Å². The van der Waals surface area contributed by atoms with Crippen molar-refractivity contribution in [3.8, 4) is 0 Å². The van der Waals surface area contributed by atoms with Crippen molar-refractivity contribution < 1.29 is 4.79 Å². The Hall–Kier alpha value is -1.52. The number of nitrogens with two attached hydrogens (primary N) is 1. The van der Waals surface area contributed by atoms with Crippen LogP contribution < -0.4 is 5.73 Å². The molecule has 3 nitrogen and oxygen atoms in total. The van der Waals surface area contributed by atoms with Crippen LogP contribution in [-0.4, -0.2) is 17.9 Å². The van der Waals surface area contributed by atoms with E-state index in [9.17, 15) is 4.79 Å². The molecular weight excluding hydrogens is 304 g/mol. The van der Waals surface area contributed by atoms with Gasteiger partial charge in [0.2, 0.25) is 5.91 Å². The second kappa shape index (κ2) is 6.08. The molecule has 1 heterocycles. The van der Waals surface area contributed by atoms with Crippen LogP contribution in [0.4, 0.5) is 5.69 Å². The number of amides is 1. The molecule has 0 spiro atoms. The highest BCUT2D eigenvalue weighted by Crippen LogP contribution is 2.28. The normalized spacial score (nSPS) is 11.4. The summed E-state index contributed by atoms with van der Waals surface area (Å²) in [5.41, 5.74) is 6.76. The van der Waals surface area contributed by atoms with E-state index in [1.54, 1.807) is 4.90 Å². The van der Waals surface area contributed by atoms with Crippen LogP contribution in [0.25, 0.3) is 0 Å². The highest BCUT2D eigenvalue weighted by atomic mass is 35.5. The van der Waals surface area contributed by atoms with E-state index in [0.29, 0.717) is 12.2 Å². The Labute approximate surface area is 134 Å². The summed E-state index contributed by atoms with van der Waals surface area (Å²) in [6.07, 6.45) is 0. The summed E-state index contributed by atoms with van der Waals surface area (Å²) in [6.45, 7) is 4.42. The van der Waals surface area contributed by atoms with Gasteiger partial charge < -0.3 is 10.6 Å². The summed E-state index contributed by atoms with van der Waals surface area (Å²) in [6, 6.07) is 11.3. The quantitative estimate of drug-likeness (QED) is 0.867. The monoisotopic (exact) mass is 322 g/mol. The van der Waals surface area contributed by atoms with Crippen molar-refractivity contribution in [3.05, 3.63) is 51.2 Å². The maximum absolute atomic E-state index is 12.7. The van der Waals surface area contributed by atoms with E-state index in [1.165, 1.54) is 11.3 Å². The average molecular weight is 323 g/mol. The molecule has 0 aliphatic heterocycles. The van der Waals surface area contributed by atoms with Crippen molar-refractivity contribution in [1.29, 1.82) is 0 Å². The zero-order valence-corrected chi connectivity index (χ0v) is 14.0. The summed E-state index contributed by atoms with van der Waals surface area (Å²) in [4.78, 5) is 15.5. The summed E-state index contributed by atoms with van der Waals surface area (Å²) < 4.78 is 0.739. The summed E-state index contributed by atoms with van der Waals surface area (Å²) in [5, 5.41) is 0. The standard InChI is InChI=1S/C16H19ClN2OS/c1-16(2,11-4-6-12(18)7-5-11)15(20)19(3)10-13-8-9-14(17)21-13/h4-9H,10,18H2,1-3H3. The van der Waals surface area contributed by atoms with Gasteiger partial charge in [0.1, 0.15) is 0 Å². The van der Waals surface area contributed by atoms with Gasteiger partial charge in [-0.05, 0) is 43.7 Å². The van der Waals surface area contributed by atoms with E-state index in [-0.39, 0.29) is 5.91 Å². The molecule has 2 N–H and O–H groups in total. The number of benzene rings is 1. The summed E-state index contributed by atoms with van der Waals surface area (Å²) in [5.74, 6) is 0.0665. The van der Waals surface area contributed by atoms with Crippen molar-refractivity contribution in [2.24, 2.45) is 0 Å². The van der Waals surface area contributed by atoms with E-state index in [1.807, 2.05) is 57.3 Å². The maximum Gasteiger partial charge on any atom is 0.232 e. The third kappa shape index (κ3) is 3.57. The third-order valence-corrected chi connectivity index (χ3v) is 4.75. The fourth-order valence-electron chi connectivity index (χ4n) is 2.24. The predicted octanol–water partition coefficient (Wildman–Crippen LogP) is 3.92. The van der Waals surface area contributed by atoms with Crippen molar-refractivity contribution in [2.45, 2.75) is 25.8 Å². The van der Waals surface area contributed by atoms with E-state index >= 15 is 0 Å². The number of hydrogen-bond donors (Lipinski definition) is 1. The van der Waals surface area contributed by atoms with Crippen LogP contribution in [0.1, 0.15) is 24.3 Å². The van der Waals surface area contributed by atoms with E-state index in [0.717, 1.165) is 14.8 Å². The number of thiophene rings is 1. The molecular formula is C16H19ClN2OS. The van der Waals surface area contributed by atoms with Crippen molar-refractivity contribution in [2.75, 3.05) is 12.8 Å². The van der Waals surface area contributed by atoms with Crippen LogP contribution >= 0.6 is 22.9 Å². The number of halogens is 1. The van der Waals surface area contributed by atoms with Gasteiger partial charge in [0.05, 0.1) is 16.3 Å². The first-order valence-electron chi connectivity index (χ1n) is 6.66. The van der Waals surface area contributed by atoms with Crippen LogP contribution in [0.5, 0.6) is 0 Å². The van der Waals surface area contributed by atoms with E-state index in [2.05, 4.69) is 0 Å². The molecule has 1 aromatic heterocycles. The molecule has 0 bridgehead atoms. The Morgan fingerprint density at radius 3 is 2.38 bits per heavy atom. The van der Waals surface area contributed by atoms with Gasteiger partial charge in [0.15, 0.2) is 0 Å². The summed E-state index contributed by atoms with van der Waals surface area (Å²) in [7, 11) is 1.81. The lowest BCUT2D eigenvalue weighted by Gasteiger charge is -2.29. The van der Waals surface area contributed by atoms with Gasteiger partial charge in [-0.15, -0.1) is 11.3 Å². The molecule has 0 fully saturated rings. The first-order valence-corrected chi connectivity index (χ1v) is 7.86. The lowest BCUT2D eigenvalue weighted by atomic mass is 9.83. The highest BCUT2D eigenvalue weighted by Gasteiger charge is 2.32. The molecule has 0 unspecified atom stereocenters. The molecule has 21 heavy (non-hydrogen) atoms. The number of likely N-dealkylation sites (N-methyl/N-ethyl adjacent to an activating group) is 1. The molecule has 0 saturated heterocycles. The zero-order chi connectivity index (χ0) is 15.6. The second-order valence-electron chi connectivity index (χ2n) is 5.61. The minimum Gasteiger partial charge on any atom is -0.399 e. The third-order valence-electron chi connectivity index (χ3n) is 3.54. The Morgan fingerprint density at radius 1 is 1.24 bits per heavy atom. The van der Waals surface area contributed by atoms with E-state index in [4.69, 9.17) is 17.3 Å². The Balaban J connectivity index is 2.15. The zero-order valence-electron chi connectivity index (χ0n) is 12.4.